The van der Waals surface area contributed by atoms with Crippen LogP contribution in [0.15, 0.2) is 60.8 Å². The van der Waals surface area contributed by atoms with Gasteiger partial charge in [-0.25, -0.2) is 9.37 Å². The number of ketones is 1. The molecule has 126 valence electrons. The molecule has 0 aliphatic carbocycles. The van der Waals surface area contributed by atoms with E-state index in [0.29, 0.717) is 18.1 Å². The lowest BCUT2D eigenvalue weighted by molar-refractivity contribution is -0.117. The number of halogens is 1. The van der Waals surface area contributed by atoms with Crippen molar-refractivity contribution in [3.05, 3.63) is 77.7 Å². The Morgan fingerprint density at radius 3 is 2.16 bits per heavy atom. The normalized spacial score (nSPS) is 10.4. The molecule has 0 atom stereocenters. The lowest BCUT2D eigenvalue weighted by Crippen LogP contribution is -2.06. The molecule has 0 fully saturated rings. The number of anilines is 1. The molecule has 0 aliphatic heterocycles. The van der Waals surface area contributed by atoms with E-state index in [1.807, 2.05) is 12.1 Å². The molecule has 2 aromatic carbocycles. The van der Waals surface area contributed by atoms with Gasteiger partial charge in [0.05, 0.1) is 0 Å². The number of hydrogen-bond donors (Lipinski definition) is 1. The van der Waals surface area contributed by atoms with Gasteiger partial charge in [0.1, 0.15) is 17.3 Å². The van der Waals surface area contributed by atoms with Crippen LogP contribution in [-0.2, 0) is 17.6 Å². The number of rotatable bonds is 6. The maximum atomic E-state index is 12.9. The van der Waals surface area contributed by atoms with Crippen LogP contribution in [0, 0.1) is 5.82 Å². The van der Waals surface area contributed by atoms with Gasteiger partial charge in [0.15, 0.2) is 0 Å². The Morgan fingerprint density at radius 2 is 1.56 bits per heavy atom. The molecule has 0 bridgehead atoms. The highest BCUT2D eigenvalue weighted by Gasteiger charge is 2.07. The smallest absolute Gasteiger partial charge is 0.224 e. The van der Waals surface area contributed by atoms with Gasteiger partial charge in [-0.15, -0.1) is 0 Å². The topological polar surface area (TPSA) is 78.1 Å². The number of carbonyl (C=O) groups is 1. The largest absolute Gasteiger partial charge is 0.439 e. The van der Waals surface area contributed by atoms with Crippen LogP contribution in [0.3, 0.4) is 0 Å². The molecule has 1 heterocycles. The van der Waals surface area contributed by atoms with E-state index in [1.165, 1.54) is 18.3 Å². The van der Waals surface area contributed by atoms with E-state index in [4.69, 9.17) is 10.5 Å². The number of hydrogen-bond acceptors (Lipinski definition) is 5. The van der Waals surface area contributed by atoms with Crippen molar-refractivity contribution >= 4 is 11.7 Å². The lowest BCUT2D eigenvalue weighted by atomic mass is 10.0. The summed E-state index contributed by atoms with van der Waals surface area (Å²) in [6.07, 6.45) is 2.09. The first-order valence-electron chi connectivity index (χ1n) is 7.70. The van der Waals surface area contributed by atoms with E-state index in [-0.39, 0.29) is 24.0 Å². The molecule has 5 nitrogen and oxygen atoms in total. The zero-order chi connectivity index (χ0) is 17.6. The number of benzene rings is 2. The highest BCUT2D eigenvalue weighted by molar-refractivity contribution is 5.83. The third-order valence-electron chi connectivity index (χ3n) is 3.51. The van der Waals surface area contributed by atoms with Gasteiger partial charge in [-0.05, 0) is 35.4 Å². The van der Waals surface area contributed by atoms with Gasteiger partial charge in [-0.3, -0.25) is 4.79 Å². The first kappa shape index (κ1) is 16.6. The average Bonchev–Trinajstić information content (AvgIpc) is 2.59. The second-order valence-corrected chi connectivity index (χ2v) is 5.52. The number of carbonyl (C=O) groups excluding carboxylic acids is 1. The van der Waals surface area contributed by atoms with Gasteiger partial charge in [0, 0.05) is 25.1 Å². The highest BCUT2D eigenvalue weighted by Crippen LogP contribution is 2.20. The van der Waals surface area contributed by atoms with E-state index < -0.39 is 0 Å². The predicted molar refractivity (Wildman–Crippen MR) is 91.8 cm³/mol. The molecule has 2 N–H and O–H groups in total. The summed E-state index contributed by atoms with van der Waals surface area (Å²) in [5.74, 6) is 0.835. The van der Waals surface area contributed by atoms with E-state index in [9.17, 15) is 9.18 Å². The molecule has 3 rings (SSSR count). The third-order valence-corrected chi connectivity index (χ3v) is 3.51. The Balaban J connectivity index is 1.58. The van der Waals surface area contributed by atoms with Crippen molar-refractivity contribution in [2.24, 2.45) is 0 Å². The first-order chi connectivity index (χ1) is 12.1. The fourth-order valence-corrected chi connectivity index (χ4v) is 2.33. The van der Waals surface area contributed by atoms with Crippen LogP contribution in [-0.4, -0.2) is 15.8 Å². The molecule has 0 aliphatic rings. The minimum absolute atomic E-state index is 0.0591. The van der Waals surface area contributed by atoms with Crippen molar-refractivity contribution in [1.82, 2.24) is 9.97 Å². The van der Waals surface area contributed by atoms with Crippen LogP contribution in [0.25, 0.3) is 0 Å². The van der Waals surface area contributed by atoms with Crippen molar-refractivity contribution in [2.45, 2.75) is 12.8 Å². The van der Waals surface area contributed by atoms with Crippen LogP contribution >= 0.6 is 0 Å². The summed E-state index contributed by atoms with van der Waals surface area (Å²) in [7, 11) is 0. The molecule has 0 saturated carbocycles. The number of aromatic nitrogens is 2. The van der Waals surface area contributed by atoms with Gasteiger partial charge in [-0.1, -0.05) is 24.3 Å². The van der Waals surface area contributed by atoms with Crippen LogP contribution in [0.1, 0.15) is 11.1 Å². The molecule has 0 saturated heterocycles. The van der Waals surface area contributed by atoms with Crippen LogP contribution in [0.4, 0.5) is 10.3 Å². The van der Waals surface area contributed by atoms with E-state index >= 15 is 0 Å². The quantitative estimate of drug-likeness (QED) is 0.746. The minimum Gasteiger partial charge on any atom is -0.439 e. The van der Waals surface area contributed by atoms with Crippen molar-refractivity contribution in [3.8, 4) is 11.6 Å². The Bertz CT molecular complexity index is 865. The second kappa shape index (κ2) is 7.53. The van der Waals surface area contributed by atoms with Gasteiger partial charge in [0.2, 0.25) is 11.8 Å². The zero-order valence-electron chi connectivity index (χ0n) is 13.4. The SMILES string of the molecule is Nc1nccc(Oc2ccc(CC(=O)Cc3ccc(F)cc3)cc2)n1. The summed E-state index contributed by atoms with van der Waals surface area (Å²) in [5.41, 5.74) is 7.18. The number of Topliss-reactive ketones (excluding diaryl/α,β-unsaturated/α-hetero) is 1. The maximum absolute atomic E-state index is 12.9. The second-order valence-electron chi connectivity index (χ2n) is 5.52. The van der Waals surface area contributed by atoms with E-state index in [1.54, 1.807) is 30.3 Å². The number of nitrogens with two attached hydrogens (primary N) is 1. The fraction of sp³-hybridized carbons (Fsp3) is 0.105. The molecule has 6 heteroatoms. The predicted octanol–water partition coefficient (Wildman–Crippen LogP) is 3.34. The molecule has 0 amide bonds. The van der Waals surface area contributed by atoms with Crippen molar-refractivity contribution in [1.29, 1.82) is 0 Å². The summed E-state index contributed by atoms with van der Waals surface area (Å²) in [4.78, 5) is 19.9. The Kier molecular flexibility index (Phi) is 4.99. The Morgan fingerprint density at radius 1 is 0.960 bits per heavy atom. The zero-order valence-corrected chi connectivity index (χ0v) is 13.4. The molecule has 3 aromatic rings. The van der Waals surface area contributed by atoms with Crippen LogP contribution in [0.5, 0.6) is 11.6 Å². The van der Waals surface area contributed by atoms with Crippen molar-refractivity contribution in [2.75, 3.05) is 5.73 Å². The number of ether oxygens (including phenoxy) is 1. The number of nitrogen functional groups attached to an aromatic ring is 1. The summed E-state index contributed by atoms with van der Waals surface area (Å²) in [6, 6.07) is 14.7. The molecule has 0 radical (unpaired) electrons. The molecular formula is C19H16FN3O2. The lowest BCUT2D eigenvalue weighted by Gasteiger charge is -2.06. The summed E-state index contributed by atoms with van der Waals surface area (Å²) in [6.45, 7) is 0. The Hall–Kier alpha value is -3.28. The first-order valence-corrected chi connectivity index (χ1v) is 7.70. The standard InChI is InChI=1S/C19H16FN3O2/c20-15-5-1-13(2-6-15)11-16(24)12-14-3-7-17(8-4-14)25-18-9-10-22-19(21)23-18/h1-10H,11-12H2,(H2,21,22,23). The van der Waals surface area contributed by atoms with Crippen LogP contribution in [0.2, 0.25) is 0 Å². The monoisotopic (exact) mass is 337 g/mol. The van der Waals surface area contributed by atoms with Gasteiger partial charge in [-0.2, -0.15) is 4.98 Å². The van der Waals surface area contributed by atoms with E-state index in [2.05, 4.69) is 9.97 Å². The molecule has 1 aromatic heterocycles. The highest BCUT2D eigenvalue weighted by atomic mass is 19.1. The average molecular weight is 337 g/mol. The van der Waals surface area contributed by atoms with Gasteiger partial charge in [0.25, 0.3) is 0 Å². The third kappa shape index (κ3) is 4.84. The maximum Gasteiger partial charge on any atom is 0.224 e. The Labute approximate surface area is 144 Å². The molecule has 0 unspecified atom stereocenters. The fourth-order valence-electron chi connectivity index (χ4n) is 2.33. The van der Waals surface area contributed by atoms with E-state index in [0.717, 1.165) is 11.1 Å². The summed E-state index contributed by atoms with van der Waals surface area (Å²) in [5, 5.41) is 0. The minimum atomic E-state index is -0.308. The number of nitrogens with zero attached hydrogens (tertiary/aromatic N) is 2. The van der Waals surface area contributed by atoms with Crippen molar-refractivity contribution < 1.29 is 13.9 Å². The molecular weight excluding hydrogens is 321 g/mol. The summed E-state index contributed by atoms with van der Waals surface area (Å²) < 4.78 is 18.4. The molecule has 0 spiro atoms. The molecule has 25 heavy (non-hydrogen) atoms. The van der Waals surface area contributed by atoms with Gasteiger partial charge < -0.3 is 10.5 Å². The van der Waals surface area contributed by atoms with Crippen molar-refractivity contribution in [3.63, 3.8) is 0 Å². The summed E-state index contributed by atoms with van der Waals surface area (Å²) >= 11 is 0. The van der Waals surface area contributed by atoms with Gasteiger partial charge >= 0.3 is 0 Å². The van der Waals surface area contributed by atoms with Crippen LogP contribution < -0.4 is 10.5 Å².